The maximum Gasteiger partial charge on any atom is 0.204 e. The van der Waals surface area contributed by atoms with Gasteiger partial charge in [-0.15, -0.1) is 0 Å². The Morgan fingerprint density at radius 3 is 2.71 bits per heavy atom. The second-order valence-electron chi connectivity index (χ2n) is 4.83. The molecule has 0 aliphatic carbocycles. The number of aliphatic hydroxyl groups excluding tert-OH is 2. The molecule has 9 heteroatoms. The number of anilines is 1. The van der Waals surface area contributed by atoms with Gasteiger partial charge in [-0.2, -0.15) is 0 Å². The lowest BCUT2D eigenvalue weighted by Gasteiger charge is -2.25. The molecule has 9 nitrogen and oxygen atoms in total. The fourth-order valence-corrected chi connectivity index (χ4v) is 2.49. The van der Waals surface area contributed by atoms with Crippen molar-refractivity contribution in [3.8, 4) is 0 Å². The van der Waals surface area contributed by atoms with E-state index in [9.17, 15) is 10.2 Å². The molecule has 4 N–H and O–H groups in total. The first-order valence-electron chi connectivity index (χ1n) is 6.31. The van der Waals surface area contributed by atoms with Crippen molar-refractivity contribution in [2.45, 2.75) is 24.5 Å². The number of ether oxygens (including phenoxy) is 2. The van der Waals surface area contributed by atoms with E-state index < -0.39 is 24.5 Å². The van der Waals surface area contributed by atoms with E-state index >= 15 is 0 Å². The molecule has 109 valence electrons. The molecule has 0 unspecified atom stereocenters. The summed E-state index contributed by atoms with van der Waals surface area (Å²) in [5.41, 5.74) is 6.56. The Kier molecular flexibility index (Phi) is 2.61. The molecule has 0 spiro atoms. The molecule has 1 fully saturated rings. The van der Waals surface area contributed by atoms with Crippen LogP contribution in [0.5, 0.6) is 0 Å². The van der Waals surface area contributed by atoms with E-state index in [1.807, 2.05) is 0 Å². The first-order valence-corrected chi connectivity index (χ1v) is 6.31. The van der Waals surface area contributed by atoms with Gasteiger partial charge in [0.25, 0.3) is 0 Å². The number of nitrogens with two attached hydrogens (primary N) is 1. The SMILES string of the molecule is Nc1ncnc2c1ncn2[C@@H]1O[C@H]([C]2C=CO2)[C@@H](O)[C@H]1O. The Bertz CT molecular complexity index is 717. The summed E-state index contributed by atoms with van der Waals surface area (Å²) in [4.78, 5) is 12.1. The molecule has 21 heavy (non-hydrogen) atoms. The number of nitrogen functional groups attached to an aromatic ring is 1. The highest BCUT2D eigenvalue weighted by molar-refractivity contribution is 5.81. The van der Waals surface area contributed by atoms with Crippen molar-refractivity contribution in [2.75, 3.05) is 5.73 Å². The van der Waals surface area contributed by atoms with Crippen molar-refractivity contribution < 1.29 is 19.7 Å². The molecule has 0 saturated carbocycles. The van der Waals surface area contributed by atoms with Gasteiger partial charge >= 0.3 is 0 Å². The van der Waals surface area contributed by atoms with Gasteiger partial charge in [-0.3, -0.25) is 4.57 Å². The van der Waals surface area contributed by atoms with Crippen molar-refractivity contribution in [3.63, 3.8) is 0 Å². The third-order valence-electron chi connectivity index (χ3n) is 3.62. The second-order valence-corrected chi connectivity index (χ2v) is 4.83. The number of aliphatic hydroxyl groups is 2. The number of aromatic nitrogens is 4. The molecule has 0 aromatic carbocycles. The summed E-state index contributed by atoms with van der Waals surface area (Å²) in [5, 5.41) is 20.3. The summed E-state index contributed by atoms with van der Waals surface area (Å²) < 4.78 is 12.3. The maximum atomic E-state index is 10.2. The van der Waals surface area contributed by atoms with Gasteiger partial charge in [0.1, 0.15) is 30.2 Å². The van der Waals surface area contributed by atoms with Gasteiger partial charge in [-0.05, 0) is 0 Å². The maximum absolute atomic E-state index is 10.2. The normalized spacial score (nSPS) is 32.3. The molecule has 4 atom stereocenters. The van der Waals surface area contributed by atoms with Gasteiger partial charge < -0.3 is 25.4 Å². The number of imidazole rings is 1. The largest absolute Gasteiger partial charge is 0.483 e. The van der Waals surface area contributed by atoms with Gasteiger partial charge in [0.05, 0.1) is 12.6 Å². The molecule has 2 aromatic rings. The summed E-state index contributed by atoms with van der Waals surface area (Å²) in [6.45, 7) is 0. The zero-order chi connectivity index (χ0) is 14.6. The van der Waals surface area contributed by atoms with E-state index in [0.717, 1.165) is 0 Å². The number of hydrogen-bond acceptors (Lipinski definition) is 8. The van der Waals surface area contributed by atoms with E-state index in [1.165, 1.54) is 23.5 Å². The van der Waals surface area contributed by atoms with Crippen molar-refractivity contribution in [1.82, 2.24) is 19.5 Å². The molecule has 2 aliphatic rings. The Labute approximate surface area is 118 Å². The van der Waals surface area contributed by atoms with E-state index in [1.54, 1.807) is 6.08 Å². The first kappa shape index (κ1) is 12.5. The van der Waals surface area contributed by atoms with Crippen molar-refractivity contribution >= 4 is 17.0 Å². The minimum Gasteiger partial charge on any atom is -0.483 e. The fraction of sp³-hybridized carbons (Fsp3) is 0.333. The molecule has 4 rings (SSSR count). The van der Waals surface area contributed by atoms with Crippen LogP contribution in [0.1, 0.15) is 6.23 Å². The summed E-state index contributed by atoms with van der Waals surface area (Å²) >= 11 is 0. The predicted octanol–water partition coefficient (Wildman–Crippen LogP) is -0.896. The Morgan fingerprint density at radius 2 is 2.00 bits per heavy atom. The lowest BCUT2D eigenvalue weighted by molar-refractivity contribution is -0.0503. The first-order chi connectivity index (χ1) is 10.2. The van der Waals surface area contributed by atoms with Crippen LogP contribution in [0, 0.1) is 6.10 Å². The standard InChI is InChI=1S/C12H12N5O4/c13-10-6-11(15-3-14-10)17(4-16-6)12-8(19)7(18)9(21-12)5-1-2-20-5/h1-4,7-9,12,18-19H,(H2,13,14,15)/t7-,8+,9+,12+/m0/s1. The Balaban J connectivity index is 1.72. The average molecular weight is 290 g/mol. The molecule has 2 aliphatic heterocycles. The van der Waals surface area contributed by atoms with Crippen molar-refractivity contribution in [3.05, 3.63) is 31.1 Å². The van der Waals surface area contributed by atoms with E-state index in [2.05, 4.69) is 15.0 Å². The van der Waals surface area contributed by atoms with E-state index in [4.69, 9.17) is 15.2 Å². The number of hydrogen-bond donors (Lipinski definition) is 3. The zero-order valence-corrected chi connectivity index (χ0v) is 10.7. The molecule has 0 amide bonds. The lowest BCUT2D eigenvalue weighted by Crippen LogP contribution is -2.36. The highest BCUT2D eigenvalue weighted by Crippen LogP contribution is 2.38. The van der Waals surface area contributed by atoms with Gasteiger partial charge in [-0.1, -0.05) is 0 Å². The van der Waals surface area contributed by atoms with Crippen LogP contribution in [0.15, 0.2) is 25.0 Å². The third-order valence-corrected chi connectivity index (χ3v) is 3.62. The van der Waals surface area contributed by atoms with Crippen LogP contribution in [-0.2, 0) is 9.47 Å². The molecule has 4 heterocycles. The van der Waals surface area contributed by atoms with E-state index in [-0.39, 0.29) is 5.82 Å². The van der Waals surface area contributed by atoms with Crippen molar-refractivity contribution in [1.29, 1.82) is 0 Å². The predicted molar refractivity (Wildman–Crippen MR) is 69.1 cm³/mol. The van der Waals surface area contributed by atoms with Gasteiger partial charge in [0, 0.05) is 6.08 Å². The van der Waals surface area contributed by atoms with Crippen LogP contribution in [-0.4, -0.2) is 48.0 Å². The average Bonchev–Trinajstić information content (AvgIpc) is 2.95. The van der Waals surface area contributed by atoms with Crippen LogP contribution in [0.25, 0.3) is 11.2 Å². The number of fused-ring (bicyclic) bond motifs is 1. The number of nitrogens with zero attached hydrogens (tertiary/aromatic N) is 4. The second kappa shape index (κ2) is 4.38. The van der Waals surface area contributed by atoms with Crippen LogP contribution < -0.4 is 5.73 Å². The summed E-state index contributed by atoms with van der Waals surface area (Å²) in [7, 11) is 0. The van der Waals surface area contributed by atoms with Crippen LogP contribution >= 0.6 is 0 Å². The molecule has 1 radical (unpaired) electrons. The zero-order valence-electron chi connectivity index (χ0n) is 10.7. The van der Waals surface area contributed by atoms with Gasteiger partial charge in [-0.25, -0.2) is 15.0 Å². The summed E-state index contributed by atoms with van der Waals surface area (Å²) in [6.07, 6.45) is 2.56. The molecule has 0 bridgehead atoms. The molecular formula is C12H12N5O4. The van der Waals surface area contributed by atoms with Crippen molar-refractivity contribution in [2.24, 2.45) is 0 Å². The lowest BCUT2D eigenvalue weighted by atomic mass is 10.0. The molecule has 2 aromatic heterocycles. The van der Waals surface area contributed by atoms with Gasteiger partial charge in [0.15, 0.2) is 17.7 Å². The quantitative estimate of drug-likeness (QED) is 0.649. The summed E-state index contributed by atoms with van der Waals surface area (Å²) in [6, 6.07) is 0. The topological polar surface area (TPSA) is 129 Å². The molecular weight excluding hydrogens is 278 g/mol. The monoisotopic (exact) mass is 290 g/mol. The smallest absolute Gasteiger partial charge is 0.204 e. The van der Waals surface area contributed by atoms with Gasteiger partial charge in [0.2, 0.25) is 6.10 Å². The van der Waals surface area contributed by atoms with Crippen LogP contribution in [0.2, 0.25) is 0 Å². The third kappa shape index (κ3) is 1.71. The van der Waals surface area contributed by atoms with E-state index in [0.29, 0.717) is 17.3 Å². The minimum absolute atomic E-state index is 0.239. The minimum atomic E-state index is -1.14. The highest BCUT2D eigenvalue weighted by Gasteiger charge is 2.49. The van der Waals surface area contributed by atoms with Crippen LogP contribution in [0.3, 0.4) is 0 Å². The Morgan fingerprint density at radius 1 is 1.19 bits per heavy atom. The Hall–Kier alpha value is -2.23. The van der Waals surface area contributed by atoms with Crippen LogP contribution in [0.4, 0.5) is 5.82 Å². The molecule has 1 saturated heterocycles. The highest BCUT2D eigenvalue weighted by atomic mass is 16.6. The number of rotatable bonds is 2. The summed E-state index contributed by atoms with van der Waals surface area (Å²) in [5.74, 6) is 0.239. The fourth-order valence-electron chi connectivity index (χ4n) is 2.49.